The Kier molecular flexibility index (Phi) is 5.42. The summed E-state index contributed by atoms with van der Waals surface area (Å²) in [5.41, 5.74) is 1.71. The van der Waals surface area contributed by atoms with E-state index >= 15 is 0 Å². The summed E-state index contributed by atoms with van der Waals surface area (Å²) in [4.78, 5) is 30.6. The van der Waals surface area contributed by atoms with Crippen molar-refractivity contribution in [3.8, 4) is 6.07 Å². The first kappa shape index (κ1) is 18.1. The molecule has 0 N–H and O–H groups in total. The van der Waals surface area contributed by atoms with E-state index in [-0.39, 0.29) is 18.5 Å². The molecule has 0 unspecified atom stereocenters. The van der Waals surface area contributed by atoms with Crippen LogP contribution in [0.4, 0.5) is 5.69 Å². The first-order chi connectivity index (χ1) is 13.1. The Labute approximate surface area is 155 Å². The fourth-order valence-corrected chi connectivity index (χ4v) is 2.68. The summed E-state index contributed by atoms with van der Waals surface area (Å²) in [5.74, 6) is -1.07. The average Bonchev–Trinajstić information content (AvgIpc) is 3.03. The molecule has 0 atom stereocenters. The Bertz CT molecular complexity index is 1010. The van der Waals surface area contributed by atoms with Crippen molar-refractivity contribution >= 4 is 23.2 Å². The van der Waals surface area contributed by atoms with Crippen molar-refractivity contribution in [3.63, 3.8) is 0 Å². The molecule has 0 saturated heterocycles. The Morgan fingerprint density at radius 2 is 2.04 bits per heavy atom. The van der Waals surface area contributed by atoms with Gasteiger partial charge in [-0.3, -0.25) is 4.79 Å². The monoisotopic (exact) mass is 363 g/mol. The molecule has 1 aromatic carbocycles. The van der Waals surface area contributed by atoms with Gasteiger partial charge >= 0.3 is 5.97 Å². The van der Waals surface area contributed by atoms with E-state index in [4.69, 9.17) is 10.00 Å². The number of nitrogens with zero attached hydrogens (tertiary/aromatic N) is 5. The maximum Gasteiger partial charge on any atom is 0.344 e. The molecule has 0 radical (unpaired) electrons. The van der Waals surface area contributed by atoms with E-state index in [1.807, 2.05) is 12.1 Å². The second kappa shape index (κ2) is 8.10. The zero-order valence-electron chi connectivity index (χ0n) is 14.7. The molecule has 0 fully saturated rings. The second-order valence-corrected chi connectivity index (χ2v) is 5.71. The van der Waals surface area contributed by atoms with Gasteiger partial charge in [0.25, 0.3) is 5.91 Å². The van der Waals surface area contributed by atoms with Crippen LogP contribution < -0.4 is 4.90 Å². The second-order valence-electron chi connectivity index (χ2n) is 5.71. The smallest absolute Gasteiger partial charge is 0.344 e. The van der Waals surface area contributed by atoms with Crippen molar-refractivity contribution in [2.24, 2.45) is 0 Å². The number of benzene rings is 1. The standard InChI is InChI=1S/C19H17N5O3/c1-14-17(18-21-10-6-12-24(18)22-14)19(26)27-13-16(25)23(11-5-9-20)15-7-3-2-4-8-15/h2-4,6-8,10,12H,5,11,13H2,1H3. The molecule has 136 valence electrons. The first-order valence-corrected chi connectivity index (χ1v) is 8.31. The molecule has 0 spiro atoms. The van der Waals surface area contributed by atoms with E-state index in [1.54, 1.807) is 49.6 Å². The van der Waals surface area contributed by atoms with Crippen molar-refractivity contribution < 1.29 is 14.3 Å². The SMILES string of the molecule is Cc1nn2cccnc2c1C(=O)OCC(=O)N(CCC#N)c1ccccc1. The van der Waals surface area contributed by atoms with Crippen LogP contribution in [0.3, 0.4) is 0 Å². The molecule has 0 aliphatic carbocycles. The van der Waals surface area contributed by atoms with Crippen molar-refractivity contribution in [2.75, 3.05) is 18.1 Å². The van der Waals surface area contributed by atoms with Crippen LogP contribution in [0.5, 0.6) is 0 Å². The Morgan fingerprint density at radius 1 is 1.26 bits per heavy atom. The highest BCUT2D eigenvalue weighted by atomic mass is 16.5. The first-order valence-electron chi connectivity index (χ1n) is 8.31. The van der Waals surface area contributed by atoms with Crippen molar-refractivity contribution in [1.82, 2.24) is 14.6 Å². The topological polar surface area (TPSA) is 101 Å². The number of hydrogen-bond donors (Lipinski definition) is 0. The quantitative estimate of drug-likeness (QED) is 0.622. The number of carbonyl (C=O) groups is 2. The number of fused-ring (bicyclic) bond motifs is 1. The maximum absolute atomic E-state index is 12.6. The lowest BCUT2D eigenvalue weighted by Crippen LogP contribution is -2.35. The lowest BCUT2D eigenvalue weighted by molar-refractivity contribution is -0.121. The van der Waals surface area contributed by atoms with Gasteiger partial charge in [-0.1, -0.05) is 18.2 Å². The van der Waals surface area contributed by atoms with Gasteiger partial charge in [0.1, 0.15) is 5.56 Å². The summed E-state index contributed by atoms with van der Waals surface area (Å²) in [5, 5.41) is 13.0. The predicted octanol–water partition coefficient (Wildman–Crippen LogP) is 2.14. The minimum atomic E-state index is -0.664. The van der Waals surface area contributed by atoms with Crippen molar-refractivity contribution in [3.05, 3.63) is 60.0 Å². The van der Waals surface area contributed by atoms with Gasteiger partial charge in [0.2, 0.25) is 0 Å². The lowest BCUT2D eigenvalue weighted by atomic mass is 10.2. The molecule has 3 aromatic rings. The van der Waals surface area contributed by atoms with Gasteiger partial charge in [0, 0.05) is 24.6 Å². The highest BCUT2D eigenvalue weighted by Gasteiger charge is 2.22. The highest BCUT2D eigenvalue weighted by Crippen LogP contribution is 2.16. The van der Waals surface area contributed by atoms with Gasteiger partial charge in [0.15, 0.2) is 12.3 Å². The number of aromatic nitrogens is 3. The largest absolute Gasteiger partial charge is 0.452 e. The Balaban J connectivity index is 1.74. The molecular formula is C19H17N5O3. The van der Waals surface area contributed by atoms with E-state index in [0.717, 1.165) is 0 Å². The maximum atomic E-state index is 12.6. The molecule has 0 aliphatic heterocycles. The summed E-state index contributed by atoms with van der Waals surface area (Å²) in [6, 6.07) is 12.7. The number of aryl methyl sites for hydroxylation is 1. The number of ether oxygens (including phenoxy) is 1. The van der Waals surface area contributed by atoms with Crippen LogP contribution in [0, 0.1) is 18.3 Å². The molecule has 3 rings (SSSR count). The highest BCUT2D eigenvalue weighted by molar-refractivity contribution is 6.00. The lowest BCUT2D eigenvalue weighted by Gasteiger charge is -2.21. The summed E-state index contributed by atoms with van der Waals surface area (Å²) in [6.07, 6.45) is 3.40. The molecule has 2 heterocycles. The molecular weight excluding hydrogens is 346 g/mol. The normalized spacial score (nSPS) is 10.4. The van der Waals surface area contributed by atoms with Gasteiger partial charge in [-0.05, 0) is 25.1 Å². The van der Waals surface area contributed by atoms with Crippen molar-refractivity contribution in [1.29, 1.82) is 5.26 Å². The number of rotatable bonds is 6. The van der Waals surface area contributed by atoms with Gasteiger partial charge in [0.05, 0.1) is 18.2 Å². The minimum absolute atomic E-state index is 0.172. The van der Waals surface area contributed by atoms with Gasteiger partial charge in [-0.25, -0.2) is 14.3 Å². The predicted molar refractivity (Wildman–Crippen MR) is 97.0 cm³/mol. The number of carbonyl (C=O) groups excluding carboxylic acids is 2. The third kappa shape index (κ3) is 3.93. The van der Waals surface area contributed by atoms with Crippen LogP contribution in [-0.4, -0.2) is 39.6 Å². The third-order valence-electron chi connectivity index (χ3n) is 3.92. The van der Waals surface area contributed by atoms with Crippen LogP contribution in [0.1, 0.15) is 22.5 Å². The number of esters is 1. The fourth-order valence-electron chi connectivity index (χ4n) is 2.68. The van der Waals surface area contributed by atoms with Crippen LogP contribution in [-0.2, 0) is 9.53 Å². The fraction of sp³-hybridized carbons (Fsp3) is 0.211. The number of amides is 1. The molecule has 27 heavy (non-hydrogen) atoms. The van der Waals surface area contributed by atoms with E-state index in [2.05, 4.69) is 10.1 Å². The molecule has 8 nitrogen and oxygen atoms in total. The zero-order chi connectivity index (χ0) is 19.2. The van der Waals surface area contributed by atoms with E-state index in [1.165, 1.54) is 9.42 Å². The Morgan fingerprint density at radius 3 is 2.78 bits per heavy atom. The molecule has 2 aromatic heterocycles. The summed E-state index contributed by atoms with van der Waals surface area (Å²) in [7, 11) is 0. The molecule has 0 bridgehead atoms. The number of anilines is 1. The number of hydrogen-bond acceptors (Lipinski definition) is 6. The van der Waals surface area contributed by atoms with E-state index in [0.29, 0.717) is 17.0 Å². The minimum Gasteiger partial charge on any atom is -0.452 e. The molecule has 1 amide bonds. The van der Waals surface area contributed by atoms with E-state index < -0.39 is 18.5 Å². The van der Waals surface area contributed by atoms with E-state index in [9.17, 15) is 9.59 Å². The van der Waals surface area contributed by atoms with Gasteiger partial charge in [-0.2, -0.15) is 10.4 Å². The van der Waals surface area contributed by atoms with Crippen LogP contribution >= 0.6 is 0 Å². The molecule has 0 aliphatic rings. The molecule has 8 heteroatoms. The summed E-state index contributed by atoms with van der Waals surface area (Å²) in [6.45, 7) is 1.45. The number of para-hydroxylation sites is 1. The van der Waals surface area contributed by atoms with Crippen LogP contribution in [0.15, 0.2) is 48.8 Å². The van der Waals surface area contributed by atoms with Crippen molar-refractivity contribution in [2.45, 2.75) is 13.3 Å². The van der Waals surface area contributed by atoms with Crippen LogP contribution in [0.25, 0.3) is 5.65 Å². The summed E-state index contributed by atoms with van der Waals surface area (Å²) < 4.78 is 6.70. The van der Waals surface area contributed by atoms with Gasteiger partial charge < -0.3 is 9.64 Å². The number of nitriles is 1. The molecule has 0 saturated carbocycles. The van der Waals surface area contributed by atoms with Crippen LogP contribution in [0.2, 0.25) is 0 Å². The third-order valence-corrected chi connectivity index (χ3v) is 3.92. The average molecular weight is 363 g/mol. The van der Waals surface area contributed by atoms with Gasteiger partial charge in [-0.15, -0.1) is 0 Å². The zero-order valence-corrected chi connectivity index (χ0v) is 14.7. The summed E-state index contributed by atoms with van der Waals surface area (Å²) >= 11 is 0. The Hall–Kier alpha value is -3.73.